The number of para-hydroxylation sites is 1. The van der Waals surface area contributed by atoms with Crippen molar-refractivity contribution in [3.8, 4) is 5.75 Å². The van der Waals surface area contributed by atoms with Crippen molar-refractivity contribution in [2.45, 2.75) is 38.2 Å². The Morgan fingerprint density at radius 3 is 2.39 bits per heavy atom. The van der Waals surface area contributed by atoms with Crippen LogP contribution in [0.5, 0.6) is 5.75 Å². The Balaban J connectivity index is 2.27. The largest absolute Gasteiger partial charge is 0.477 e. The quantitative estimate of drug-likeness (QED) is 0.822. The average Bonchev–Trinajstić information content (AvgIpc) is 2.81. The van der Waals surface area contributed by atoms with Gasteiger partial charge >= 0.3 is 0 Å². The summed E-state index contributed by atoms with van der Waals surface area (Å²) in [6, 6.07) is 7.89. The second kappa shape index (κ2) is 5.01. The number of nitrogens with zero attached hydrogens (tertiary/aromatic N) is 1. The molecule has 0 saturated heterocycles. The molecular formula is C15H21NO2. The molecule has 1 aliphatic rings. The van der Waals surface area contributed by atoms with Gasteiger partial charge in [0.05, 0.1) is 0 Å². The van der Waals surface area contributed by atoms with E-state index in [4.69, 9.17) is 4.74 Å². The number of ether oxygens (including phenoxy) is 1. The van der Waals surface area contributed by atoms with Crippen LogP contribution < -0.4 is 4.74 Å². The summed E-state index contributed by atoms with van der Waals surface area (Å²) >= 11 is 0. The van der Waals surface area contributed by atoms with E-state index in [1.807, 2.05) is 31.2 Å². The van der Waals surface area contributed by atoms with E-state index in [-0.39, 0.29) is 5.91 Å². The average molecular weight is 247 g/mol. The monoisotopic (exact) mass is 247 g/mol. The second-order valence-corrected chi connectivity index (χ2v) is 5.27. The van der Waals surface area contributed by atoms with Gasteiger partial charge in [0.1, 0.15) is 5.75 Å². The van der Waals surface area contributed by atoms with Crippen molar-refractivity contribution in [2.24, 2.45) is 0 Å². The Morgan fingerprint density at radius 1 is 1.22 bits per heavy atom. The van der Waals surface area contributed by atoms with Gasteiger partial charge in [-0.2, -0.15) is 0 Å². The normalized spacial score (nSPS) is 17.5. The summed E-state index contributed by atoms with van der Waals surface area (Å²) in [5, 5.41) is 0. The highest BCUT2D eigenvalue weighted by molar-refractivity contribution is 5.85. The van der Waals surface area contributed by atoms with Gasteiger partial charge in [0, 0.05) is 14.1 Å². The number of rotatable bonds is 3. The lowest BCUT2D eigenvalue weighted by atomic mass is 10.00. The maximum atomic E-state index is 12.4. The van der Waals surface area contributed by atoms with Gasteiger partial charge in [-0.25, -0.2) is 0 Å². The number of carbonyl (C=O) groups is 1. The fourth-order valence-electron chi connectivity index (χ4n) is 2.59. The molecule has 1 amide bonds. The molecule has 0 atom stereocenters. The maximum absolute atomic E-state index is 12.4. The van der Waals surface area contributed by atoms with E-state index in [0.29, 0.717) is 0 Å². The van der Waals surface area contributed by atoms with E-state index < -0.39 is 5.60 Å². The fourth-order valence-corrected chi connectivity index (χ4v) is 2.59. The van der Waals surface area contributed by atoms with Crippen molar-refractivity contribution in [1.82, 2.24) is 4.90 Å². The minimum absolute atomic E-state index is 0.0863. The molecule has 1 aromatic carbocycles. The SMILES string of the molecule is Cc1ccccc1OC1(C(=O)N(C)C)CCCC1. The van der Waals surface area contributed by atoms with E-state index in [1.165, 1.54) is 0 Å². The van der Waals surface area contributed by atoms with Gasteiger partial charge < -0.3 is 9.64 Å². The van der Waals surface area contributed by atoms with Crippen LogP contribution >= 0.6 is 0 Å². The van der Waals surface area contributed by atoms with E-state index in [9.17, 15) is 4.79 Å². The van der Waals surface area contributed by atoms with Crippen LogP contribution in [0, 0.1) is 6.92 Å². The third kappa shape index (κ3) is 2.35. The minimum atomic E-state index is -0.643. The molecule has 1 saturated carbocycles. The van der Waals surface area contributed by atoms with Crippen molar-refractivity contribution >= 4 is 5.91 Å². The molecule has 0 spiro atoms. The van der Waals surface area contributed by atoms with Gasteiger partial charge in [-0.1, -0.05) is 18.2 Å². The van der Waals surface area contributed by atoms with Gasteiger partial charge in [-0.05, 0) is 44.2 Å². The predicted octanol–water partition coefficient (Wildman–Crippen LogP) is 2.77. The second-order valence-electron chi connectivity index (χ2n) is 5.27. The molecule has 1 aromatic rings. The molecule has 0 bridgehead atoms. The summed E-state index contributed by atoms with van der Waals surface area (Å²) in [7, 11) is 3.59. The van der Waals surface area contributed by atoms with E-state index in [1.54, 1.807) is 19.0 Å². The van der Waals surface area contributed by atoms with Crippen LogP contribution in [0.1, 0.15) is 31.2 Å². The van der Waals surface area contributed by atoms with Gasteiger partial charge in [-0.15, -0.1) is 0 Å². The number of amides is 1. The highest BCUT2D eigenvalue weighted by atomic mass is 16.5. The first-order valence-corrected chi connectivity index (χ1v) is 6.51. The first kappa shape index (κ1) is 12.9. The molecule has 1 aliphatic carbocycles. The molecule has 98 valence electrons. The summed E-state index contributed by atoms with van der Waals surface area (Å²) < 4.78 is 6.13. The van der Waals surface area contributed by atoms with E-state index in [2.05, 4.69) is 0 Å². The minimum Gasteiger partial charge on any atom is -0.477 e. The molecular weight excluding hydrogens is 226 g/mol. The first-order chi connectivity index (χ1) is 8.55. The Bertz CT molecular complexity index is 434. The topological polar surface area (TPSA) is 29.5 Å². The summed E-state index contributed by atoms with van der Waals surface area (Å²) in [5.74, 6) is 0.915. The standard InChI is InChI=1S/C15H21NO2/c1-12-8-4-5-9-13(12)18-15(10-6-7-11-15)14(17)16(2)3/h4-5,8-9H,6-7,10-11H2,1-3H3. The lowest BCUT2D eigenvalue weighted by Crippen LogP contribution is -2.48. The number of hydrogen-bond acceptors (Lipinski definition) is 2. The van der Waals surface area contributed by atoms with Crippen LogP contribution in [0.4, 0.5) is 0 Å². The highest BCUT2D eigenvalue weighted by Crippen LogP contribution is 2.36. The molecule has 18 heavy (non-hydrogen) atoms. The van der Waals surface area contributed by atoms with Crippen molar-refractivity contribution in [3.05, 3.63) is 29.8 Å². The number of likely N-dealkylation sites (N-methyl/N-ethyl adjacent to an activating group) is 1. The molecule has 0 N–H and O–H groups in total. The Labute approximate surface area is 109 Å². The number of benzene rings is 1. The van der Waals surface area contributed by atoms with Crippen LogP contribution in [0.3, 0.4) is 0 Å². The third-order valence-corrected chi connectivity index (χ3v) is 3.61. The van der Waals surface area contributed by atoms with Crippen LogP contribution in [0.25, 0.3) is 0 Å². The zero-order valence-corrected chi connectivity index (χ0v) is 11.4. The summed E-state index contributed by atoms with van der Waals surface area (Å²) in [6.07, 6.45) is 3.76. The molecule has 0 radical (unpaired) electrons. The van der Waals surface area contributed by atoms with Crippen molar-refractivity contribution in [2.75, 3.05) is 14.1 Å². The smallest absolute Gasteiger partial charge is 0.266 e. The maximum Gasteiger partial charge on any atom is 0.266 e. The Hall–Kier alpha value is -1.51. The molecule has 0 aliphatic heterocycles. The predicted molar refractivity (Wildman–Crippen MR) is 71.7 cm³/mol. The molecule has 2 rings (SSSR count). The molecule has 3 nitrogen and oxygen atoms in total. The lowest BCUT2D eigenvalue weighted by molar-refractivity contribution is -0.145. The van der Waals surface area contributed by atoms with Crippen molar-refractivity contribution < 1.29 is 9.53 Å². The lowest BCUT2D eigenvalue weighted by Gasteiger charge is -2.32. The van der Waals surface area contributed by atoms with E-state index >= 15 is 0 Å². The zero-order valence-electron chi connectivity index (χ0n) is 11.4. The van der Waals surface area contributed by atoms with E-state index in [0.717, 1.165) is 37.0 Å². The number of carbonyl (C=O) groups excluding carboxylic acids is 1. The molecule has 0 aromatic heterocycles. The van der Waals surface area contributed by atoms with Gasteiger partial charge in [0.15, 0.2) is 5.60 Å². The molecule has 3 heteroatoms. The van der Waals surface area contributed by atoms with Crippen LogP contribution in [-0.4, -0.2) is 30.5 Å². The summed E-state index contributed by atoms with van der Waals surface area (Å²) in [6.45, 7) is 2.01. The van der Waals surface area contributed by atoms with Crippen molar-refractivity contribution in [3.63, 3.8) is 0 Å². The Morgan fingerprint density at radius 2 is 1.83 bits per heavy atom. The first-order valence-electron chi connectivity index (χ1n) is 6.51. The fraction of sp³-hybridized carbons (Fsp3) is 0.533. The summed E-state index contributed by atoms with van der Waals surface area (Å²) in [5.41, 5.74) is 0.436. The van der Waals surface area contributed by atoms with Crippen LogP contribution in [0.2, 0.25) is 0 Å². The molecule has 1 fully saturated rings. The number of aryl methyl sites for hydroxylation is 1. The van der Waals surface area contributed by atoms with Gasteiger partial charge in [-0.3, -0.25) is 4.79 Å². The van der Waals surface area contributed by atoms with Crippen LogP contribution in [-0.2, 0) is 4.79 Å². The van der Waals surface area contributed by atoms with Crippen molar-refractivity contribution in [1.29, 1.82) is 0 Å². The Kier molecular flexibility index (Phi) is 3.60. The zero-order chi connectivity index (χ0) is 13.2. The third-order valence-electron chi connectivity index (χ3n) is 3.61. The number of hydrogen-bond donors (Lipinski definition) is 0. The van der Waals surface area contributed by atoms with Crippen LogP contribution in [0.15, 0.2) is 24.3 Å². The molecule has 0 heterocycles. The van der Waals surface area contributed by atoms with Gasteiger partial charge in [0.25, 0.3) is 5.91 Å². The molecule has 0 unspecified atom stereocenters. The van der Waals surface area contributed by atoms with Gasteiger partial charge in [0.2, 0.25) is 0 Å². The summed E-state index contributed by atoms with van der Waals surface area (Å²) in [4.78, 5) is 14.0. The highest BCUT2D eigenvalue weighted by Gasteiger charge is 2.44.